The molecule has 69 valence electrons. The van der Waals surface area contributed by atoms with E-state index in [1.807, 2.05) is 0 Å². The summed E-state index contributed by atoms with van der Waals surface area (Å²) in [6, 6.07) is 0. The van der Waals surface area contributed by atoms with Gasteiger partial charge in [0.05, 0.1) is 0 Å². The Morgan fingerprint density at radius 2 is 1.75 bits per heavy atom. The van der Waals surface area contributed by atoms with Crippen molar-refractivity contribution in [2.75, 3.05) is 0 Å². The maximum atomic E-state index is 2.44. The molecule has 0 aromatic rings. The highest BCUT2D eigenvalue weighted by atomic mass is 14.2. The van der Waals surface area contributed by atoms with Gasteiger partial charge in [0, 0.05) is 0 Å². The molecule has 0 unspecified atom stereocenters. The lowest BCUT2D eigenvalue weighted by Crippen LogP contribution is -2.07. The maximum Gasteiger partial charge on any atom is -0.0292 e. The number of rotatable bonds is 2. The van der Waals surface area contributed by atoms with E-state index in [1.54, 1.807) is 5.57 Å². The summed E-state index contributed by atoms with van der Waals surface area (Å²) in [6.45, 7) is 6.74. The first-order valence-corrected chi connectivity index (χ1v) is 5.14. The summed E-state index contributed by atoms with van der Waals surface area (Å²) in [5, 5.41) is 0. The zero-order chi connectivity index (χ0) is 8.97. The van der Waals surface area contributed by atoms with Gasteiger partial charge in [0.15, 0.2) is 0 Å². The van der Waals surface area contributed by atoms with E-state index in [0.717, 1.165) is 5.92 Å². The zero-order valence-electron chi connectivity index (χ0n) is 8.69. The van der Waals surface area contributed by atoms with Crippen molar-refractivity contribution in [3.63, 3.8) is 0 Å². The Kier molecular flexibility index (Phi) is 3.84. The van der Waals surface area contributed by atoms with E-state index in [2.05, 4.69) is 27.2 Å². The quantitative estimate of drug-likeness (QED) is 0.540. The van der Waals surface area contributed by atoms with E-state index in [4.69, 9.17) is 0 Å². The van der Waals surface area contributed by atoms with Crippen molar-refractivity contribution in [1.82, 2.24) is 0 Å². The highest BCUT2D eigenvalue weighted by Gasteiger charge is 2.13. The molecule has 0 saturated heterocycles. The van der Waals surface area contributed by atoms with Gasteiger partial charge in [0.1, 0.15) is 0 Å². The van der Waals surface area contributed by atoms with Gasteiger partial charge in [-0.1, -0.05) is 11.1 Å². The van der Waals surface area contributed by atoms with Crippen molar-refractivity contribution < 1.29 is 0 Å². The normalized spacial score (nSPS) is 19.2. The smallest absolute Gasteiger partial charge is 0.0292 e. The van der Waals surface area contributed by atoms with Crippen LogP contribution < -0.4 is 0 Å². The molecule has 0 atom stereocenters. The van der Waals surface area contributed by atoms with Gasteiger partial charge in [0.25, 0.3) is 0 Å². The van der Waals surface area contributed by atoms with Gasteiger partial charge in [-0.2, -0.15) is 0 Å². The molecule has 0 spiro atoms. The summed E-state index contributed by atoms with van der Waals surface area (Å²) >= 11 is 0. The van der Waals surface area contributed by atoms with Crippen LogP contribution in [0.25, 0.3) is 0 Å². The molecule has 1 fully saturated rings. The highest BCUT2D eigenvalue weighted by Crippen LogP contribution is 2.28. The third-order valence-electron chi connectivity index (χ3n) is 3.01. The van der Waals surface area contributed by atoms with Gasteiger partial charge in [-0.15, -0.1) is 0 Å². The Labute approximate surface area is 77.1 Å². The summed E-state index contributed by atoms with van der Waals surface area (Å²) in [6.07, 6.45) is 9.32. The Bertz CT molecular complexity index is 155. The van der Waals surface area contributed by atoms with Gasteiger partial charge in [-0.05, 0) is 65.2 Å². The average Bonchev–Trinajstić information content (AvgIpc) is 2.06. The van der Waals surface area contributed by atoms with Gasteiger partial charge < -0.3 is 0 Å². The lowest BCUT2D eigenvalue weighted by Gasteiger charge is -2.22. The highest BCUT2D eigenvalue weighted by molar-refractivity contribution is 5.07. The van der Waals surface area contributed by atoms with Crippen LogP contribution in [0.5, 0.6) is 0 Å². The van der Waals surface area contributed by atoms with Crippen molar-refractivity contribution in [3.05, 3.63) is 17.6 Å². The van der Waals surface area contributed by atoms with E-state index in [-0.39, 0.29) is 0 Å². The fraction of sp³-hybridized carbons (Fsp3) is 0.750. The van der Waals surface area contributed by atoms with Gasteiger partial charge >= 0.3 is 0 Å². The fourth-order valence-electron chi connectivity index (χ4n) is 1.84. The van der Waals surface area contributed by atoms with Crippen LogP contribution in [0.1, 0.15) is 52.9 Å². The second-order valence-corrected chi connectivity index (χ2v) is 4.29. The third kappa shape index (κ3) is 3.00. The number of hydrogen-bond donors (Lipinski definition) is 0. The molecule has 0 aromatic heterocycles. The van der Waals surface area contributed by atoms with Crippen molar-refractivity contribution in [2.24, 2.45) is 5.92 Å². The van der Waals surface area contributed by atoms with Crippen LogP contribution in [0, 0.1) is 12.3 Å². The molecule has 0 heteroatoms. The summed E-state index contributed by atoms with van der Waals surface area (Å²) in [4.78, 5) is 0. The molecule has 0 bridgehead atoms. The molecule has 1 aliphatic rings. The molecule has 0 aliphatic heterocycles. The van der Waals surface area contributed by atoms with Gasteiger partial charge in [0.2, 0.25) is 0 Å². The SMILES string of the molecule is CC(C)=C(C)CC1CC[CH]CC1. The molecular weight excluding hydrogens is 144 g/mol. The summed E-state index contributed by atoms with van der Waals surface area (Å²) < 4.78 is 0. The fourth-order valence-corrected chi connectivity index (χ4v) is 1.84. The molecule has 0 heterocycles. The Hall–Kier alpha value is -0.260. The standard InChI is InChI=1S/C12H21/c1-10(2)11(3)9-12-7-5-4-6-8-12/h4,12H,5-9H2,1-3H3. The second kappa shape index (κ2) is 4.69. The first-order valence-electron chi connectivity index (χ1n) is 5.14. The van der Waals surface area contributed by atoms with Crippen LogP contribution in [0.15, 0.2) is 11.1 Å². The van der Waals surface area contributed by atoms with Crippen LogP contribution in [-0.2, 0) is 0 Å². The molecule has 0 N–H and O–H groups in total. The van der Waals surface area contributed by atoms with Crippen molar-refractivity contribution in [2.45, 2.75) is 52.9 Å². The maximum absolute atomic E-state index is 2.44. The Morgan fingerprint density at radius 3 is 2.25 bits per heavy atom. The Morgan fingerprint density at radius 1 is 1.17 bits per heavy atom. The minimum absolute atomic E-state index is 0.977. The van der Waals surface area contributed by atoms with Crippen LogP contribution in [0.2, 0.25) is 0 Å². The molecular formula is C12H21. The summed E-state index contributed by atoms with van der Waals surface area (Å²) in [5.41, 5.74) is 3.13. The van der Waals surface area contributed by atoms with Crippen LogP contribution in [0.3, 0.4) is 0 Å². The molecule has 1 aliphatic carbocycles. The largest absolute Gasteiger partial charge is 0.0775 e. The average molecular weight is 165 g/mol. The van der Waals surface area contributed by atoms with E-state index in [1.165, 1.54) is 37.7 Å². The molecule has 0 aromatic carbocycles. The van der Waals surface area contributed by atoms with Crippen molar-refractivity contribution in [1.29, 1.82) is 0 Å². The summed E-state index contributed by atoms with van der Waals surface area (Å²) in [7, 11) is 0. The Balaban J connectivity index is 2.34. The molecule has 12 heavy (non-hydrogen) atoms. The lowest BCUT2D eigenvalue weighted by molar-refractivity contribution is 0.401. The van der Waals surface area contributed by atoms with Gasteiger partial charge in [-0.3, -0.25) is 0 Å². The van der Waals surface area contributed by atoms with Crippen LogP contribution in [-0.4, -0.2) is 0 Å². The predicted molar refractivity (Wildman–Crippen MR) is 54.9 cm³/mol. The van der Waals surface area contributed by atoms with Crippen LogP contribution in [0.4, 0.5) is 0 Å². The minimum atomic E-state index is 0.977. The molecule has 1 radical (unpaired) electrons. The van der Waals surface area contributed by atoms with E-state index in [0.29, 0.717) is 0 Å². The van der Waals surface area contributed by atoms with E-state index >= 15 is 0 Å². The van der Waals surface area contributed by atoms with Crippen LogP contribution >= 0.6 is 0 Å². The topological polar surface area (TPSA) is 0 Å². The monoisotopic (exact) mass is 165 g/mol. The molecule has 1 rings (SSSR count). The first kappa shape index (κ1) is 9.83. The van der Waals surface area contributed by atoms with E-state index in [9.17, 15) is 0 Å². The van der Waals surface area contributed by atoms with Gasteiger partial charge in [-0.25, -0.2) is 0 Å². The van der Waals surface area contributed by atoms with Crippen molar-refractivity contribution >= 4 is 0 Å². The van der Waals surface area contributed by atoms with E-state index < -0.39 is 0 Å². The molecule has 0 amide bonds. The molecule has 1 saturated carbocycles. The third-order valence-corrected chi connectivity index (χ3v) is 3.01. The summed E-state index contributed by atoms with van der Waals surface area (Å²) in [5.74, 6) is 0.977. The zero-order valence-corrected chi connectivity index (χ0v) is 8.69. The predicted octanol–water partition coefficient (Wildman–Crippen LogP) is 4.13. The van der Waals surface area contributed by atoms with Crippen molar-refractivity contribution in [3.8, 4) is 0 Å². The number of hydrogen-bond acceptors (Lipinski definition) is 0. The minimum Gasteiger partial charge on any atom is -0.0775 e. The lowest BCUT2D eigenvalue weighted by atomic mass is 9.84. The molecule has 0 nitrogen and oxygen atoms in total. The number of allylic oxidation sites excluding steroid dienone is 2. The second-order valence-electron chi connectivity index (χ2n) is 4.29. The first-order chi connectivity index (χ1) is 5.70.